The fourth-order valence-corrected chi connectivity index (χ4v) is 4.88. The Labute approximate surface area is 239 Å². The minimum absolute atomic E-state index is 0.0194. The predicted molar refractivity (Wildman–Crippen MR) is 160 cm³/mol. The number of nitrogens with zero attached hydrogens (tertiary/aromatic N) is 3. The number of hydrogen-bond donors (Lipinski definition) is 2. The van der Waals surface area contributed by atoms with Crippen molar-refractivity contribution in [2.75, 3.05) is 6.54 Å². The van der Waals surface area contributed by atoms with E-state index in [1.54, 1.807) is 17.3 Å². The van der Waals surface area contributed by atoms with E-state index in [4.69, 9.17) is 10.5 Å². The van der Waals surface area contributed by atoms with Crippen molar-refractivity contribution in [3.05, 3.63) is 59.9 Å². The molecule has 1 aromatic heterocycles. The second-order valence-corrected chi connectivity index (χ2v) is 11.3. The van der Waals surface area contributed by atoms with E-state index in [9.17, 15) is 9.59 Å². The molecule has 8 heteroatoms. The smallest absolute Gasteiger partial charge is 0.231 e. The van der Waals surface area contributed by atoms with Crippen molar-refractivity contribution < 1.29 is 14.3 Å². The van der Waals surface area contributed by atoms with Crippen molar-refractivity contribution in [3.8, 4) is 18.6 Å². The number of benzene rings is 1. The molecule has 2 amide bonds. The lowest BCUT2D eigenvalue weighted by Gasteiger charge is -2.38. The maximum absolute atomic E-state index is 13.0. The van der Waals surface area contributed by atoms with Crippen LogP contribution in [0.4, 0.5) is 0 Å². The third-order valence-electron chi connectivity index (χ3n) is 6.76. The number of carbonyl (C=O) groups excluding carboxylic acids is 2. The topological polar surface area (TPSA) is 110 Å². The van der Waals surface area contributed by atoms with Gasteiger partial charge in [0.05, 0.1) is 18.0 Å². The van der Waals surface area contributed by atoms with Crippen LogP contribution in [0.3, 0.4) is 0 Å². The summed E-state index contributed by atoms with van der Waals surface area (Å²) < 4.78 is 6.13. The summed E-state index contributed by atoms with van der Waals surface area (Å²) in [5.74, 6) is 1.14. The van der Waals surface area contributed by atoms with Crippen LogP contribution in [0.25, 0.3) is 0 Å². The van der Waals surface area contributed by atoms with E-state index in [0.717, 1.165) is 23.3 Å². The van der Waals surface area contributed by atoms with Gasteiger partial charge >= 0.3 is 0 Å². The van der Waals surface area contributed by atoms with Crippen LogP contribution in [0, 0.1) is 31.6 Å². The van der Waals surface area contributed by atoms with Crippen molar-refractivity contribution in [2.24, 2.45) is 22.6 Å². The third kappa shape index (κ3) is 8.84. The predicted octanol–water partition coefficient (Wildman–Crippen LogP) is 5.03. The van der Waals surface area contributed by atoms with E-state index < -0.39 is 5.54 Å². The number of aryl methyl sites for hydroxylation is 1. The number of aromatic nitrogens is 1. The molecule has 1 fully saturated rings. The Morgan fingerprint density at radius 3 is 2.35 bits per heavy atom. The maximum Gasteiger partial charge on any atom is 0.231 e. The van der Waals surface area contributed by atoms with Crippen molar-refractivity contribution >= 4 is 17.8 Å². The largest absolute Gasteiger partial charge is 0.487 e. The fourth-order valence-electron chi connectivity index (χ4n) is 4.88. The normalized spacial score (nSPS) is 23.0. The molecule has 216 valence electrons. The summed E-state index contributed by atoms with van der Waals surface area (Å²) in [5, 5.41) is 3.23. The number of nitrogens with one attached hydrogen (secondary N) is 1. The van der Waals surface area contributed by atoms with Gasteiger partial charge in [0.1, 0.15) is 11.4 Å². The fraction of sp³-hybridized carbons (Fsp3) is 0.500. The number of terminal acetylenes is 1. The van der Waals surface area contributed by atoms with E-state index in [2.05, 4.69) is 28.1 Å². The molecule has 3 aliphatic rings. The number of amides is 2. The number of hydrogen-bond acceptors (Lipinski definition) is 6. The third-order valence-corrected chi connectivity index (χ3v) is 6.76. The van der Waals surface area contributed by atoms with Crippen molar-refractivity contribution in [2.45, 2.75) is 84.9 Å². The zero-order valence-electron chi connectivity index (χ0n) is 25.0. The van der Waals surface area contributed by atoms with Crippen LogP contribution in [0.1, 0.15) is 78.0 Å². The van der Waals surface area contributed by atoms with Gasteiger partial charge in [-0.1, -0.05) is 32.0 Å². The number of pyridine rings is 1. The van der Waals surface area contributed by atoms with Crippen LogP contribution in [-0.4, -0.2) is 45.3 Å². The number of fused-ring (bicyclic) bond motifs is 1. The lowest BCUT2D eigenvalue weighted by Crippen LogP contribution is -2.50. The molecular formula is C32H45N5O3. The van der Waals surface area contributed by atoms with Gasteiger partial charge in [0.25, 0.3) is 0 Å². The summed E-state index contributed by atoms with van der Waals surface area (Å²) in [6.07, 6.45) is 13.3. The summed E-state index contributed by atoms with van der Waals surface area (Å²) >= 11 is 0. The quantitative estimate of drug-likeness (QED) is 0.522. The highest BCUT2D eigenvalue weighted by molar-refractivity contribution is 5.99. The molecule has 3 N–H and O–H groups in total. The van der Waals surface area contributed by atoms with Gasteiger partial charge in [0.2, 0.25) is 11.8 Å². The SMILES string of the molecule is C#C.CC.Cc1ccc2c(c1)OC(C)(C)C[C@@H]2NC(=O)C1C[C@@H]1CN1C(=O)CC(C)(C)N=C1N.c1ccncc1. The monoisotopic (exact) mass is 547 g/mol. The molecule has 2 aromatic rings. The van der Waals surface area contributed by atoms with Crippen LogP contribution in [0.5, 0.6) is 5.75 Å². The Kier molecular flexibility index (Phi) is 11.3. The summed E-state index contributed by atoms with van der Waals surface area (Å²) in [4.78, 5) is 35.2. The number of guanidine groups is 1. The van der Waals surface area contributed by atoms with Crippen LogP contribution in [0.15, 0.2) is 53.8 Å². The molecule has 3 atom stereocenters. The molecule has 0 spiro atoms. The molecule has 1 saturated carbocycles. The number of nitrogens with two attached hydrogens (primary N) is 1. The number of carbonyl (C=O) groups is 2. The molecule has 1 unspecified atom stereocenters. The van der Waals surface area contributed by atoms with Crippen LogP contribution >= 0.6 is 0 Å². The van der Waals surface area contributed by atoms with Gasteiger partial charge in [-0.05, 0) is 70.7 Å². The van der Waals surface area contributed by atoms with E-state index in [1.165, 1.54) is 0 Å². The molecule has 1 aliphatic carbocycles. The van der Waals surface area contributed by atoms with Crippen molar-refractivity contribution in [3.63, 3.8) is 0 Å². The lowest BCUT2D eigenvalue weighted by molar-refractivity contribution is -0.130. The first kappa shape index (κ1) is 32.4. The molecular weight excluding hydrogens is 502 g/mol. The average molecular weight is 548 g/mol. The molecule has 0 radical (unpaired) electrons. The molecule has 2 aliphatic heterocycles. The lowest BCUT2D eigenvalue weighted by atomic mass is 9.89. The first-order valence-electron chi connectivity index (χ1n) is 13.9. The maximum atomic E-state index is 13.0. The van der Waals surface area contributed by atoms with Crippen molar-refractivity contribution in [1.82, 2.24) is 15.2 Å². The molecule has 1 aromatic carbocycles. The summed E-state index contributed by atoms with van der Waals surface area (Å²) in [6, 6.07) is 11.8. The van der Waals surface area contributed by atoms with Gasteiger partial charge < -0.3 is 15.8 Å². The molecule has 40 heavy (non-hydrogen) atoms. The van der Waals surface area contributed by atoms with Gasteiger partial charge in [0.15, 0.2) is 5.96 Å². The van der Waals surface area contributed by atoms with Crippen LogP contribution in [-0.2, 0) is 9.59 Å². The first-order valence-corrected chi connectivity index (χ1v) is 13.9. The molecule has 0 bridgehead atoms. The minimum Gasteiger partial charge on any atom is -0.487 e. The number of ether oxygens (including phenoxy) is 1. The Balaban J connectivity index is 0.000000482. The zero-order chi connectivity index (χ0) is 30.1. The van der Waals surface area contributed by atoms with Gasteiger partial charge in [-0.3, -0.25) is 19.5 Å². The van der Waals surface area contributed by atoms with Crippen LogP contribution < -0.4 is 15.8 Å². The second kappa shape index (κ2) is 14.0. The number of aliphatic imine (C=N–C) groups is 1. The van der Waals surface area contributed by atoms with Crippen LogP contribution in [0.2, 0.25) is 0 Å². The highest BCUT2D eigenvalue weighted by atomic mass is 16.5. The average Bonchev–Trinajstić information content (AvgIpc) is 3.68. The standard InChI is InChI=1S/C23H32N4O3.C5H5N.C2H6.C2H2/c1-13-6-7-15-17(10-23(4,5)30-18(15)8-13)25-20(29)16-9-14(16)12-27-19(28)11-22(2,3)26-21(27)24;1-2-4-6-5-3-1;2*1-2/h6-8,14,16-17H,9-12H2,1-5H3,(H2,24,26)(H,25,29);1-5H;1-2H3;1-2H/t14-,16?,17+;;;/m1.../s1. The van der Waals surface area contributed by atoms with E-state index in [1.807, 2.05) is 84.9 Å². The molecule has 0 saturated heterocycles. The highest BCUT2D eigenvalue weighted by Crippen LogP contribution is 2.43. The second-order valence-electron chi connectivity index (χ2n) is 11.3. The Hall–Kier alpha value is -3.86. The molecule has 8 nitrogen and oxygen atoms in total. The van der Waals surface area contributed by atoms with E-state index >= 15 is 0 Å². The number of rotatable bonds is 4. The Bertz CT molecular complexity index is 1160. The van der Waals surface area contributed by atoms with Crippen molar-refractivity contribution in [1.29, 1.82) is 0 Å². The Morgan fingerprint density at radius 2 is 1.80 bits per heavy atom. The molecule has 3 heterocycles. The summed E-state index contributed by atoms with van der Waals surface area (Å²) in [7, 11) is 0. The van der Waals surface area contributed by atoms with Gasteiger partial charge in [-0.15, -0.1) is 12.8 Å². The minimum atomic E-state index is -0.459. The van der Waals surface area contributed by atoms with Gasteiger partial charge in [-0.2, -0.15) is 0 Å². The Morgan fingerprint density at radius 1 is 1.15 bits per heavy atom. The van der Waals surface area contributed by atoms with Gasteiger partial charge in [0, 0.05) is 36.8 Å². The van der Waals surface area contributed by atoms with E-state index in [0.29, 0.717) is 19.4 Å². The summed E-state index contributed by atoms with van der Waals surface area (Å²) in [6.45, 7) is 14.4. The summed E-state index contributed by atoms with van der Waals surface area (Å²) in [5.41, 5.74) is 7.38. The highest BCUT2D eigenvalue weighted by Gasteiger charge is 2.47. The van der Waals surface area contributed by atoms with E-state index in [-0.39, 0.29) is 41.3 Å². The first-order chi connectivity index (χ1) is 18.9. The van der Waals surface area contributed by atoms with Gasteiger partial charge in [-0.25, -0.2) is 4.99 Å². The zero-order valence-corrected chi connectivity index (χ0v) is 25.0. The molecule has 5 rings (SSSR count).